The third-order valence-electron chi connectivity index (χ3n) is 10.2. The van der Waals surface area contributed by atoms with Crippen LogP contribution in [-0.2, 0) is 19.2 Å². The van der Waals surface area contributed by atoms with E-state index in [2.05, 4.69) is 0 Å². The van der Waals surface area contributed by atoms with Crippen molar-refractivity contribution in [2.45, 2.75) is 35.4 Å². The van der Waals surface area contributed by atoms with Crippen LogP contribution in [0.3, 0.4) is 0 Å². The molecule has 3 fully saturated rings. The Hall–Kier alpha value is -5.09. The van der Waals surface area contributed by atoms with Crippen LogP contribution in [0.1, 0.15) is 31.2 Å². The molecule has 0 spiro atoms. The van der Waals surface area contributed by atoms with Crippen molar-refractivity contribution in [2.75, 3.05) is 16.4 Å². The second kappa shape index (κ2) is 12.0. The molecular weight excluding hydrogens is 744 g/mol. The van der Waals surface area contributed by atoms with Gasteiger partial charge in [-0.1, -0.05) is 29.8 Å². The van der Waals surface area contributed by atoms with Crippen molar-refractivity contribution in [3.63, 3.8) is 0 Å². The van der Waals surface area contributed by atoms with Crippen LogP contribution in [0.4, 0.5) is 39.0 Å². The molecule has 2 aliphatic carbocycles. The van der Waals surface area contributed by atoms with Gasteiger partial charge >= 0.3 is 0 Å². The van der Waals surface area contributed by atoms with Gasteiger partial charge in [-0.25, -0.2) is 31.8 Å². The zero-order valence-corrected chi connectivity index (χ0v) is 27.9. The lowest BCUT2D eigenvalue weighted by Gasteiger charge is -2.50. The third kappa shape index (κ3) is 4.49. The summed E-state index contributed by atoms with van der Waals surface area (Å²) < 4.78 is 78.9. The highest BCUT2D eigenvalue weighted by molar-refractivity contribution is 6.58. The van der Waals surface area contributed by atoms with Gasteiger partial charge in [0.2, 0.25) is 17.6 Å². The number of anilines is 2. The number of nitro groups is 1. The number of benzene rings is 3. The number of fused-ring (bicyclic) bond motifs is 4. The van der Waals surface area contributed by atoms with E-state index in [-0.39, 0.29) is 40.5 Å². The molecule has 2 aliphatic heterocycles. The molecule has 2 saturated heterocycles. The quantitative estimate of drug-likeness (QED) is 0.0459. The maximum Gasteiger partial charge on any atom is 0.271 e. The molecule has 1 N–H and O–H groups in total. The lowest BCUT2D eigenvalue weighted by Crippen LogP contribution is -2.60. The Kier molecular flexibility index (Phi) is 8.14. The Labute approximate surface area is 299 Å². The predicted octanol–water partition coefficient (Wildman–Crippen LogP) is 6.16. The fourth-order valence-corrected chi connectivity index (χ4v) is 8.88. The molecule has 4 amide bonds. The molecular formula is C34H22Cl2F5N3O8. The minimum atomic E-state index is -2.85. The number of nitro benzene ring substituents is 1. The number of ether oxygens (including phenoxy) is 1. The molecule has 0 bridgehead atoms. The van der Waals surface area contributed by atoms with Crippen LogP contribution in [0, 0.1) is 57.0 Å². The summed E-state index contributed by atoms with van der Waals surface area (Å²) in [6.45, 7) is 1.63. The van der Waals surface area contributed by atoms with Crippen LogP contribution < -0.4 is 14.5 Å². The first-order valence-electron chi connectivity index (χ1n) is 15.6. The van der Waals surface area contributed by atoms with Gasteiger partial charge in [0.05, 0.1) is 29.1 Å². The van der Waals surface area contributed by atoms with Crippen molar-refractivity contribution in [1.29, 1.82) is 0 Å². The number of allylic oxidation sites excluding steroid dienone is 2. The Morgan fingerprint density at radius 2 is 1.54 bits per heavy atom. The normalized spacial score (nSPS) is 28.1. The molecule has 3 aromatic rings. The Morgan fingerprint density at radius 1 is 0.904 bits per heavy atom. The number of nitrogens with zero attached hydrogens (tertiary/aromatic N) is 3. The van der Waals surface area contributed by atoms with E-state index < -0.39 is 115 Å². The summed E-state index contributed by atoms with van der Waals surface area (Å²) in [6.07, 6.45) is 0.497. The predicted molar refractivity (Wildman–Crippen MR) is 171 cm³/mol. The molecule has 1 saturated carbocycles. The molecule has 0 aromatic heterocycles. The lowest BCUT2D eigenvalue weighted by molar-refractivity contribution is -0.384. The van der Waals surface area contributed by atoms with Gasteiger partial charge in [0.25, 0.3) is 17.5 Å². The van der Waals surface area contributed by atoms with Crippen molar-refractivity contribution in [1.82, 2.24) is 0 Å². The van der Waals surface area contributed by atoms with Gasteiger partial charge in [0, 0.05) is 23.6 Å². The minimum Gasteiger partial charge on any atom is -0.504 e. The first kappa shape index (κ1) is 35.3. The molecule has 4 aliphatic rings. The number of phenolic OH excluding ortho intramolecular Hbond substituents is 1. The molecule has 6 unspecified atom stereocenters. The van der Waals surface area contributed by atoms with E-state index in [0.717, 1.165) is 17.0 Å². The maximum absolute atomic E-state index is 15.2. The summed E-state index contributed by atoms with van der Waals surface area (Å²) in [4.78, 5) is 62.3. The highest BCUT2D eigenvalue weighted by Crippen LogP contribution is 2.67. The summed E-state index contributed by atoms with van der Waals surface area (Å²) in [5, 5.41) is 22.9. The number of hydrogen-bond donors (Lipinski definition) is 1. The minimum absolute atomic E-state index is 0.0394. The summed E-state index contributed by atoms with van der Waals surface area (Å²) >= 11 is 14.2. The van der Waals surface area contributed by atoms with Crippen LogP contribution in [-0.4, -0.2) is 50.0 Å². The lowest BCUT2D eigenvalue weighted by atomic mass is 9.56. The number of hydrogen-bond acceptors (Lipinski definition) is 8. The average molecular weight is 766 g/mol. The van der Waals surface area contributed by atoms with Gasteiger partial charge in [0.1, 0.15) is 5.69 Å². The number of non-ortho nitro benzene ring substituents is 1. The fourth-order valence-electron chi connectivity index (χ4n) is 7.96. The van der Waals surface area contributed by atoms with E-state index in [1.807, 2.05) is 0 Å². The molecule has 52 heavy (non-hydrogen) atoms. The van der Waals surface area contributed by atoms with E-state index >= 15 is 8.78 Å². The second-order valence-corrected chi connectivity index (χ2v) is 13.9. The van der Waals surface area contributed by atoms with Crippen molar-refractivity contribution < 1.29 is 55.9 Å². The number of amides is 4. The number of alkyl halides is 2. The Balaban J connectivity index is 1.44. The average Bonchev–Trinajstić information content (AvgIpc) is 3.46. The number of rotatable bonds is 6. The number of carbonyl (C=O) groups excluding carboxylic acids is 4. The zero-order valence-electron chi connectivity index (χ0n) is 26.3. The van der Waals surface area contributed by atoms with Crippen LogP contribution >= 0.6 is 23.2 Å². The highest BCUT2D eigenvalue weighted by Gasteiger charge is 2.77. The molecule has 11 nitrogen and oxygen atoms in total. The number of para-hydroxylation sites is 1. The van der Waals surface area contributed by atoms with Crippen LogP contribution in [0.5, 0.6) is 11.5 Å². The number of aromatic hydroxyl groups is 1. The first-order valence-corrected chi connectivity index (χ1v) is 16.3. The van der Waals surface area contributed by atoms with Gasteiger partial charge in [-0.2, -0.15) is 0 Å². The van der Waals surface area contributed by atoms with Gasteiger partial charge in [-0.3, -0.25) is 29.3 Å². The summed E-state index contributed by atoms with van der Waals surface area (Å²) in [6, 6.07) is 8.71. The van der Waals surface area contributed by atoms with Crippen molar-refractivity contribution in [3.05, 3.63) is 98.9 Å². The largest absolute Gasteiger partial charge is 0.504 e. The number of carbonyl (C=O) groups is 4. The smallest absolute Gasteiger partial charge is 0.271 e. The van der Waals surface area contributed by atoms with Gasteiger partial charge in [0.15, 0.2) is 44.5 Å². The summed E-state index contributed by atoms with van der Waals surface area (Å²) in [5.41, 5.74) is -2.62. The maximum atomic E-state index is 15.2. The first-order chi connectivity index (χ1) is 24.5. The molecule has 6 atom stereocenters. The van der Waals surface area contributed by atoms with E-state index in [9.17, 15) is 47.6 Å². The second-order valence-electron chi connectivity index (χ2n) is 12.6. The Bertz CT molecular complexity index is 2180. The van der Waals surface area contributed by atoms with E-state index in [1.165, 1.54) is 36.4 Å². The standard InChI is InChI=1S/C34H22Cl2F5N3O8/c1-2-52-19-8-4-7-17(28(19)45)21-15-9-10-16-20(30(47)42(29(16)46)13-5-3-6-14(11-13)44(50)51)18(15)12-33(35)31(48)43(32(49)34(21,33)36)27-25(40)23(38)22(37)24(39)26(27)41/h3-9,11,16,18,20-21,45H,2,10,12H2,1H3. The van der Waals surface area contributed by atoms with Crippen molar-refractivity contribution in [3.8, 4) is 11.5 Å². The SMILES string of the molecule is CCOc1cccc(C2C3=CCC4C(=O)N(c5cccc([N+](=O)[O-])c5)C(=O)C4C3CC3(Cl)C(=O)N(c4c(F)c(F)c(F)c(F)c4F)C(=O)C23Cl)c1O. The van der Waals surface area contributed by atoms with Crippen LogP contribution in [0.25, 0.3) is 0 Å². The number of halogens is 7. The number of imide groups is 2. The molecule has 7 rings (SSSR count). The van der Waals surface area contributed by atoms with Gasteiger partial charge < -0.3 is 9.84 Å². The third-order valence-corrected chi connectivity index (χ3v) is 11.6. The summed E-state index contributed by atoms with van der Waals surface area (Å²) in [5.74, 6) is -23.8. The highest BCUT2D eigenvalue weighted by atomic mass is 35.5. The van der Waals surface area contributed by atoms with E-state index in [4.69, 9.17) is 27.9 Å². The molecule has 2 heterocycles. The van der Waals surface area contributed by atoms with Crippen molar-refractivity contribution >= 4 is 63.9 Å². The summed E-state index contributed by atoms with van der Waals surface area (Å²) in [7, 11) is 0. The topological polar surface area (TPSA) is 147 Å². The van der Waals surface area contributed by atoms with Gasteiger partial charge in [-0.05, 0) is 37.8 Å². The fraction of sp³-hybridized carbons (Fsp3) is 0.294. The zero-order chi connectivity index (χ0) is 37.8. The molecule has 0 radical (unpaired) electrons. The van der Waals surface area contributed by atoms with Crippen molar-refractivity contribution in [2.24, 2.45) is 17.8 Å². The molecule has 270 valence electrons. The number of phenols is 1. The van der Waals surface area contributed by atoms with Crippen LogP contribution in [0.2, 0.25) is 0 Å². The van der Waals surface area contributed by atoms with E-state index in [1.54, 1.807) is 6.92 Å². The molecule has 18 heteroatoms. The van der Waals surface area contributed by atoms with Gasteiger partial charge in [-0.15, -0.1) is 23.2 Å². The monoisotopic (exact) mass is 765 g/mol. The molecule has 3 aromatic carbocycles. The van der Waals surface area contributed by atoms with E-state index in [0.29, 0.717) is 0 Å². The Morgan fingerprint density at radius 3 is 2.17 bits per heavy atom. The van der Waals surface area contributed by atoms with Crippen LogP contribution in [0.15, 0.2) is 54.1 Å².